The number of rotatable bonds is 7. The van der Waals surface area contributed by atoms with E-state index in [4.69, 9.17) is 14.5 Å². The second-order valence-corrected chi connectivity index (χ2v) is 8.94. The van der Waals surface area contributed by atoms with Gasteiger partial charge in [-0.05, 0) is 38.1 Å². The van der Waals surface area contributed by atoms with Gasteiger partial charge in [-0.2, -0.15) is 15.5 Å². The molecule has 10 heteroatoms. The lowest BCUT2D eigenvalue weighted by molar-refractivity contribution is 0.122. The third-order valence-corrected chi connectivity index (χ3v) is 6.08. The van der Waals surface area contributed by atoms with Crippen molar-refractivity contribution in [1.82, 2.24) is 24.8 Å². The molecular weight excluding hydrogens is 458 g/mol. The molecule has 5 heterocycles. The molecule has 1 fully saturated rings. The van der Waals surface area contributed by atoms with Crippen molar-refractivity contribution >= 4 is 11.3 Å². The van der Waals surface area contributed by atoms with Gasteiger partial charge in [-0.15, -0.1) is 5.10 Å². The van der Waals surface area contributed by atoms with Crippen LogP contribution in [0.2, 0.25) is 0 Å². The Morgan fingerprint density at radius 1 is 1.17 bits per heavy atom. The van der Waals surface area contributed by atoms with Gasteiger partial charge in [0.2, 0.25) is 5.88 Å². The van der Waals surface area contributed by atoms with E-state index in [-0.39, 0.29) is 12.7 Å². The van der Waals surface area contributed by atoms with Gasteiger partial charge in [-0.1, -0.05) is 0 Å². The second kappa shape index (κ2) is 10.2. The molecule has 1 N–H and O–H groups in total. The Kier molecular flexibility index (Phi) is 6.64. The molecule has 0 aliphatic carbocycles. The molecule has 1 aliphatic rings. The largest absolute Gasteiger partial charge is 0.489 e. The average molecular weight is 486 g/mol. The zero-order valence-corrected chi connectivity index (χ0v) is 20.2. The summed E-state index contributed by atoms with van der Waals surface area (Å²) in [6, 6.07) is 11.8. The van der Waals surface area contributed by atoms with Crippen molar-refractivity contribution in [2.45, 2.75) is 38.9 Å². The van der Waals surface area contributed by atoms with Crippen LogP contribution in [0.5, 0.6) is 11.6 Å². The summed E-state index contributed by atoms with van der Waals surface area (Å²) in [6.07, 6.45) is 6.28. The lowest BCUT2D eigenvalue weighted by Crippen LogP contribution is -2.38. The maximum Gasteiger partial charge on any atom is 0.233 e. The molecule has 10 nitrogen and oxygen atoms in total. The van der Waals surface area contributed by atoms with Crippen LogP contribution < -0.4 is 14.4 Å². The molecule has 36 heavy (non-hydrogen) atoms. The van der Waals surface area contributed by atoms with Gasteiger partial charge in [0.15, 0.2) is 0 Å². The normalized spacial score (nSPS) is 15.0. The van der Waals surface area contributed by atoms with E-state index in [2.05, 4.69) is 26.3 Å². The first-order valence-electron chi connectivity index (χ1n) is 11.9. The number of anilines is 1. The van der Waals surface area contributed by atoms with Crippen molar-refractivity contribution in [3.8, 4) is 28.8 Å². The summed E-state index contributed by atoms with van der Waals surface area (Å²) in [5, 5.41) is 31.6. The van der Waals surface area contributed by atoms with Gasteiger partial charge in [0.25, 0.3) is 0 Å². The number of aliphatic hydroxyl groups is 1. The highest BCUT2D eigenvalue weighted by molar-refractivity contribution is 5.85. The summed E-state index contributed by atoms with van der Waals surface area (Å²) in [6.45, 7) is 5.37. The number of aromatic nitrogens is 5. The Hall–Kier alpha value is -4.23. The smallest absolute Gasteiger partial charge is 0.233 e. The van der Waals surface area contributed by atoms with E-state index in [1.54, 1.807) is 17.6 Å². The first-order valence-corrected chi connectivity index (χ1v) is 11.9. The third-order valence-electron chi connectivity index (χ3n) is 6.08. The highest BCUT2D eigenvalue weighted by atomic mass is 16.5. The standard InChI is InChI=1S/C26H27N7O3/c1-17-3-6-25(31-30-17)36-21-7-9-32(10-8-21)24-5-4-19(13-28-24)23-11-22(35-16-18(2)34)15-33-26(23)20(12-27)14-29-33/h3-6,11,13-15,18,21,34H,7-10,16H2,1-2H3. The van der Waals surface area contributed by atoms with Crippen LogP contribution in [0.25, 0.3) is 16.6 Å². The Morgan fingerprint density at radius 2 is 2.00 bits per heavy atom. The van der Waals surface area contributed by atoms with E-state index in [1.165, 1.54) is 6.20 Å². The summed E-state index contributed by atoms with van der Waals surface area (Å²) < 4.78 is 13.3. The van der Waals surface area contributed by atoms with E-state index in [0.717, 1.165) is 48.6 Å². The molecule has 5 rings (SSSR count). The molecular formula is C26H27N7O3. The highest BCUT2D eigenvalue weighted by Gasteiger charge is 2.22. The molecule has 1 unspecified atom stereocenters. The van der Waals surface area contributed by atoms with Crippen molar-refractivity contribution < 1.29 is 14.6 Å². The number of nitriles is 1. The quantitative estimate of drug-likeness (QED) is 0.420. The van der Waals surface area contributed by atoms with Crippen LogP contribution in [0.4, 0.5) is 5.82 Å². The predicted octanol–water partition coefficient (Wildman–Crippen LogP) is 3.17. The van der Waals surface area contributed by atoms with Gasteiger partial charge >= 0.3 is 0 Å². The number of aryl methyl sites for hydroxylation is 1. The highest BCUT2D eigenvalue weighted by Crippen LogP contribution is 2.32. The summed E-state index contributed by atoms with van der Waals surface area (Å²) in [5.41, 5.74) is 3.66. The molecule has 0 spiro atoms. The molecule has 1 atom stereocenters. The Labute approximate surface area is 208 Å². The van der Waals surface area contributed by atoms with Crippen LogP contribution in [-0.4, -0.2) is 61.8 Å². The van der Waals surface area contributed by atoms with Crippen molar-refractivity contribution in [1.29, 1.82) is 5.26 Å². The maximum absolute atomic E-state index is 9.59. The maximum atomic E-state index is 9.59. The summed E-state index contributed by atoms with van der Waals surface area (Å²) in [7, 11) is 0. The molecule has 184 valence electrons. The van der Waals surface area contributed by atoms with E-state index >= 15 is 0 Å². The minimum atomic E-state index is -0.600. The number of piperidine rings is 1. The van der Waals surface area contributed by atoms with Gasteiger partial charge in [0.1, 0.15) is 30.3 Å². The number of hydrogen-bond acceptors (Lipinski definition) is 9. The summed E-state index contributed by atoms with van der Waals surface area (Å²) >= 11 is 0. The molecule has 4 aromatic heterocycles. The third kappa shape index (κ3) is 5.06. The van der Waals surface area contributed by atoms with E-state index in [9.17, 15) is 10.4 Å². The summed E-state index contributed by atoms with van der Waals surface area (Å²) in [4.78, 5) is 6.96. The fraction of sp³-hybridized carbons (Fsp3) is 0.346. The number of hydrogen-bond donors (Lipinski definition) is 1. The van der Waals surface area contributed by atoms with Gasteiger partial charge in [-0.25, -0.2) is 9.50 Å². The first-order chi connectivity index (χ1) is 17.5. The SMILES string of the molecule is Cc1ccc(OC2CCN(c3ccc(-c4cc(OCC(C)O)cn5ncc(C#N)c45)cn3)CC2)nn1. The Bertz CT molecular complexity index is 1370. The predicted molar refractivity (Wildman–Crippen MR) is 133 cm³/mol. The van der Waals surface area contributed by atoms with E-state index in [0.29, 0.717) is 22.7 Å². The lowest BCUT2D eigenvalue weighted by atomic mass is 10.0. The fourth-order valence-corrected chi connectivity index (χ4v) is 4.25. The average Bonchev–Trinajstić information content (AvgIpc) is 3.32. The molecule has 4 aromatic rings. The molecule has 0 saturated carbocycles. The van der Waals surface area contributed by atoms with Gasteiger partial charge in [0.05, 0.1) is 35.3 Å². The van der Waals surface area contributed by atoms with Crippen LogP contribution in [-0.2, 0) is 0 Å². The zero-order chi connectivity index (χ0) is 25.1. The number of pyridine rings is 2. The van der Waals surface area contributed by atoms with E-state index < -0.39 is 6.10 Å². The zero-order valence-electron chi connectivity index (χ0n) is 20.2. The van der Waals surface area contributed by atoms with Crippen LogP contribution in [0.15, 0.2) is 48.9 Å². The van der Waals surface area contributed by atoms with Crippen LogP contribution in [0.3, 0.4) is 0 Å². The molecule has 0 radical (unpaired) electrons. The Balaban J connectivity index is 1.32. The molecule has 0 bridgehead atoms. The molecule has 1 saturated heterocycles. The van der Waals surface area contributed by atoms with Crippen LogP contribution in [0, 0.1) is 18.3 Å². The first kappa shape index (κ1) is 23.5. The monoisotopic (exact) mass is 485 g/mol. The topological polar surface area (TPSA) is 122 Å². The second-order valence-electron chi connectivity index (χ2n) is 8.94. The lowest BCUT2D eigenvalue weighted by Gasteiger charge is -2.32. The van der Waals surface area contributed by atoms with Crippen molar-refractivity contribution in [2.24, 2.45) is 0 Å². The van der Waals surface area contributed by atoms with Gasteiger partial charge in [-0.3, -0.25) is 0 Å². The summed E-state index contributed by atoms with van der Waals surface area (Å²) in [5.74, 6) is 2.00. The van der Waals surface area contributed by atoms with E-state index in [1.807, 2.05) is 43.5 Å². The number of ether oxygens (including phenoxy) is 2. The number of aliphatic hydroxyl groups excluding tert-OH is 1. The Morgan fingerprint density at radius 3 is 2.67 bits per heavy atom. The van der Waals surface area contributed by atoms with Crippen molar-refractivity contribution in [2.75, 3.05) is 24.6 Å². The van der Waals surface area contributed by atoms with Crippen LogP contribution >= 0.6 is 0 Å². The number of fused-ring (bicyclic) bond motifs is 1. The van der Waals surface area contributed by atoms with Gasteiger partial charge < -0.3 is 19.5 Å². The fourth-order valence-electron chi connectivity index (χ4n) is 4.25. The molecule has 1 aliphatic heterocycles. The van der Waals surface area contributed by atoms with Gasteiger partial charge in [0, 0.05) is 49.3 Å². The van der Waals surface area contributed by atoms with Crippen molar-refractivity contribution in [3.63, 3.8) is 0 Å². The number of nitrogens with zero attached hydrogens (tertiary/aromatic N) is 7. The molecule has 0 amide bonds. The van der Waals surface area contributed by atoms with Crippen LogP contribution in [0.1, 0.15) is 31.0 Å². The minimum absolute atomic E-state index is 0.0986. The minimum Gasteiger partial charge on any atom is -0.489 e. The van der Waals surface area contributed by atoms with Crippen molar-refractivity contribution in [3.05, 3.63) is 60.2 Å². The molecule has 0 aromatic carbocycles.